The normalized spacial score (nSPS) is 20.3. The van der Waals surface area contributed by atoms with Crippen molar-refractivity contribution in [3.63, 3.8) is 0 Å². The van der Waals surface area contributed by atoms with Gasteiger partial charge < -0.3 is 10.0 Å². The number of fused-ring (bicyclic) bond motifs is 1. The molecule has 0 spiro atoms. The molecule has 6 nitrogen and oxygen atoms in total. The van der Waals surface area contributed by atoms with Crippen LogP contribution in [0.3, 0.4) is 0 Å². The summed E-state index contributed by atoms with van der Waals surface area (Å²) < 4.78 is 0. The van der Waals surface area contributed by atoms with Crippen LogP contribution in [0, 0.1) is 6.92 Å². The van der Waals surface area contributed by atoms with Crippen molar-refractivity contribution >= 4 is 23.3 Å². The molecule has 0 unspecified atom stereocenters. The van der Waals surface area contributed by atoms with E-state index in [2.05, 4.69) is 14.8 Å². The predicted molar refractivity (Wildman–Crippen MR) is 109 cm³/mol. The van der Waals surface area contributed by atoms with Crippen molar-refractivity contribution in [2.45, 2.75) is 25.7 Å². The van der Waals surface area contributed by atoms with E-state index in [1.54, 1.807) is 0 Å². The first-order valence-corrected chi connectivity index (χ1v) is 10.2. The van der Waals surface area contributed by atoms with Gasteiger partial charge in [0.25, 0.3) is 0 Å². The van der Waals surface area contributed by atoms with Gasteiger partial charge in [-0.15, -0.1) is 0 Å². The Kier molecular flexibility index (Phi) is 5.62. The van der Waals surface area contributed by atoms with Crippen LogP contribution in [-0.4, -0.2) is 65.1 Å². The fraction of sp³-hybridized carbons (Fsp3) is 0.476. The van der Waals surface area contributed by atoms with Crippen LogP contribution in [0.4, 0.5) is 5.95 Å². The summed E-state index contributed by atoms with van der Waals surface area (Å²) in [6.07, 6.45) is 1.22. The summed E-state index contributed by atoms with van der Waals surface area (Å²) in [5.74, 6) is 0.961. The molecule has 0 saturated carbocycles. The molecule has 148 valence electrons. The number of aromatic nitrogens is 2. The number of hydrogen-bond acceptors (Lipinski definition) is 6. The van der Waals surface area contributed by atoms with Crippen molar-refractivity contribution in [3.8, 4) is 0 Å². The van der Waals surface area contributed by atoms with Crippen LogP contribution in [0.1, 0.15) is 39.6 Å². The van der Waals surface area contributed by atoms with E-state index in [-0.39, 0.29) is 18.3 Å². The number of hydrogen-bond donors (Lipinski definition) is 1. The molecule has 0 radical (unpaired) electrons. The molecule has 2 aliphatic rings. The molecule has 1 aromatic carbocycles. The van der Waals surface area contributed by atoms with E-state index in [1.807, 2.05) is 31.2 Å². The summed E-state index contributed by atoms with van der Waals surface area (Å²) >= 11 is 6.01. The predicted octanol–water partition coefficient (Wildman–Crippen LogP) is 2.47. The van der Waals surface area contributed by atoms with Gasteiger partial charge in [0.05, 0.1) is 23.6 Å². The number of benzene rings is 1. The first-order chi connectivity index (χ1) is 13.5. The average molecular weight is 401 g/mol. The Bertz CT molecular complexity index is 863. The molecule has 2 aromatic rings. The number of carbonyl (C=O) groups is 1. The minimum absolute atomic E-state index is 0.123. The molecule has 1 aliphatic carbocycles. The lowest BCUT2D eigenvalue weighted by atomic mass is 9.81. The second-order valence-corrected chi connectivity index (χ2v) is 8.00. The molecule has 28 heavy (non-hydrogen) atoms. The molecule has 2 heterocycles. The average Bonchev–Trinajstić information content (AvgIpc) is 2.68. The Morgan fingerprint density at radius 2 is 1.82 bits per heavy atom. The Morgan fingerprint density at radius 1 is 1.11 bits per heavy atom. The van der Waals surface area contributed by atoms with Gasteiger partial charge in [-0.1, -0.05) is 23.7 Å². The minimum Gasteiger partial charge on any atom is -0.395 e. The lowest BCUT2D eigenvalue weighted by Crippen LogP contribution is -2.48. The Morgan fingerprint density at radius 3 is 2.50 bits per heavy atom. The molecule has 1 atom stereocenters. The van der Waals surface area contributed by atoms with Crippen molar-refractivity contribution in [1.82, 2.24) is 14.9 Å². The SMILES string of the molecule is Cc1nc(N2CCN(CCO)CC2)nc2c1C(=O)C[C@@H](c1ccc(Cl)cc1)C2. The van der Waals surface area contributed by atoms with E-state index in [4.69, 9.17) is 21.7 Å². The maximum Gasteiger partial charge on any atom is 0.225 e. The standard InChI is InChI=1S/C21H25ClN4O2/c1-14-20-18(12-16(13-19(20)28)15-2-4-17(22)5-3-15)24-21(23-14)26-8-6-25(7-9-26)10-11-27/h2-5,16,27H,6-13H2,1H3/t16-/m0/s1. The topological polar surface area (TPSA) is 69.6 Å². The number of rotatable bonds is 4. The van der Waals surface area contributed by atoms with Crippen LogP contribution in [0.15, 0.2) is 24.3 Å². The smallest absolute Gasteiger partial charge is 0.225 e. The third-order valence-electron chi connectivity index (χ3n) is 5.72. The highest BCUT2D eigenvalue weighted by Gasteiger charge is 2.31. The van der Waals surface area contributed by atoms with Crippen molar-refractivity contribution in [1.29, 1.82) is 0 Å². The number of carbonyl (C=O) groups excluding carboxylic acids is 1. The van der Waals surface area contributed by atoms with Crippen LogP contribution in [0.5, 0.6) is 0 Å². The highest BCUT2D eigenvalue weighted by atomic mass is 35.5. The number of anilines is 1. The number of aryl methyl sites for hydroxylation is 1. The number of piperazine rings is 1. The van der Waals surface area contributed by atoms with Gasteiger partial charge in [-0.3, -0.25) is 9.69 Å². The van der Waals surface area contributed by atoms with Gasteiger partial charge in [0.15, 0.2) is 5.78 Å². The number of Topliss-reactive ketones (excluding diaryl/α,β-unsaturated/α-hetero) is 1. The molecular weight excluding hydrogens is 376 g/mol. The summed E-state index contributed by atoms with van der Waals surface area (Å²) in [5, 5.41) is 9.81. The van der Waals surface area contributed by atoms with Crippen LogP contribution in [0.25, 0.3) is 0 Å². The van der Waals surface area contributed by atoms with Crippen LogP contribution in [-0.2, 0) is 6.42 Å². The first kappa shape index (κ1) is 19.3. The molecule has 1 N–H and O–H groups in total. The number of halogens is 1. The number of nitrogens with zero attached hydrogens (tertiary/aromatic N) is 4. The zero-order valence-corrected chi connectivity index (χ0v) is 16.8. The van der Waals surface area contributed by atoms with Crippen LogP contribution in [0.2, 0.25) is 5.02 Å². The van der Waals surface area contributed by atoms with Gasteiger partial charge in [-0.05, 0) is 37.0 Å². The summed E-state index contributed by atoms with van der Waals surface area (Å²) in [4.78, 5) is 26.7. The monoisotopic (exact) mass is 400 g/mol. The van der Waals surface area contributed by atoms with Crippen molar-refractivity contribution in [2.75, 3.05) is 44.2 Å². The molecule has 1 aromatic heterocycles. The number of ketones is 1. The highest BCUT2D eigenvalue weighted by Crippen LogP contribution is 2.34. The van der Waals surface area contributed by atoms with Gasteiger partial charge in [-0.2, -0.15) is 0 Å². The summed E-state index contributed by atoms with van der Waals surface area (Å²) in [7, 11) is 0. The van der Waals surface area contributed by atoms with Crippen LogP contribution < -0.4 is 4.90 Å². The zero-order chi connectivity index (χ0) is 19.7. The van der Waals surface area contributed by atoms with E-state index in [0.717, 1.165) is 49.6 Å². The van der Waals surface area contributed by atoms with Gasteiger partial charge in [0, 0.05) is 44.2 Å². The second-order valence-electron chi connectivity index (χ2n) is 7.56. The largest absolute Gasteiger partial charge is 0.395 e. The van der Waals surface area contributed by atoms with Crippen molar-refractivity contribution < 1.29 is 9.90 Å². The first-order valence-electron chi connectivity index (χ1n) is 9.79. The molecule has 7 heteroatoms. The third-order valence-corrected chi connectivity index (χ3v) is 5.97. The number of β-amino-alcohol motifs (C(OH)–C–C–N with tert-alkyl or cyclic N) is 1. The molecule has 1 aliphatic heterocycles. The third kappa shape index (κ3) is 3.90. The van der Waals surface area contributed by atoms with E-state index in [1.165, 1.54) is 0 Å². The summed E-state index contributed by atoms with van der Waals surface area (Å²) in [5.41, 5.74) is 3.46. The Hall–Kier alpha value is -2.02. The maximum atomic E-state index is 12.8. The summed E-state index contributed by atoms with van der Waals surface area (Å²) in [6.45, 7) is 6.21. The van der Waals surface area contributed by atoms with Gasteiger partial charge >= 0.3 is 0 Å². The number of aliphatic hydroxyl groups is 1. The quantitative estimate of drug-likeness (QED) is 0.850. The number of aliphatic hydroxyl groups excluding tert-OH is 1. The lowest BCUT2D eigenvalue weighted by Gasteiger charge is -2.35. The molecule has 0 bridgehead atoms. The van der Waals surface area contributed by atoms with Crippen molar-refractivity contribution in [2.24, 2.45) is 0 Å². The molecule has 4 rings (SSSR count). The maximum absolute atomic E-state index is 12.8. The molecular formula is C21H25ClN4O2. The molecule has 1 fully saturated rings. The van der Waals surface area contributed by atoms with E-state index in [0.29, 0.717) is 29.5 Å². The van der Waals surface area contributed by atoms with Crippen LogP contribution >= 0.6 is 11.6 Å². The van der Waals surface area contributed by atoms with Crippen molar-refractivity contribution in [3.05, 3.63) is 51.8 Å². The Labute approximate surface area is 170 Å². The molecule has 0 amide bonds. The van der Waals surface area contributed by atoms with Gasteiger partial charge in [0.2, 0.25) is 5.95 Å². The van der Waals surface area contributed by atoms with E-state index in [9.17, 15) is 4.79 Å². The van der Waals surface area contributed by atoms with E-state index >= 15 is 0 Å². The fourth-order valence-corrected chi connectivity index (χ4v) is 4.31. The fourth-order valence-electron chi connectivity index (χ4n) is 4.18. The molecule has 1 saturated heterocycles. The Balaban J connectivity index is 1.57. The van der Waals surface area contributed by atoms with Gasteiger partial charge in [0.1, 0.15) is 0 Å². The lowest BCUT2D eigenvalue weighted by molar-refractivity contribution is 0.0962. The van der Waals surface area contributed by atoms with Gasteiger partial charge in [-0.25, -0.2) is 9.97 Å². The summed E-state index contributed by atoms with van der Waals surface area (Å²) in [6, 6.07) is 7.75. The minimum atomic E-state index is 0.123. The van der Waals surface area contributed by atoms with E-state index < -0.39 is 0 Å². The zero-order valence-electron chi connectivity index (χ0n) is 16.1. The second kappa shape index (κ2) is 8.15. The highest BCUT2D eigenvalue weighted by molar-refractivity contribution is 6.30.